The molecule has 0 heterocycles. The summed E-state index contributed by atoms with van der Waals surface area (Å²) in [5.41, 5.74) is 0. The number of rotatable bonds is 18. The SMILES string of the molecule is CCCCCCCCCCC#CC#CCCCCCCCCCOC=O. The molecule has 0 unspecified atom stereocenters. The Kier molecular flexibility index (Phi) is 22.3. The van der Waals surface area contributed by atoms with E-state index >= 15 is 0 Å². The van der Waals surface area contributed by atoms with Gasteiger partial charge in [0.25, 0.3) is 6.47 Å². The number of carbonyl (C=O) groups is 1. The van der Waals surface area contributed by atoms with Crippen molar-refractivity contribution in [2.45, 2.75) is 116 Å². The number of ether oxygens (including phenoxy) is 1. The lowest BCUT2D eigenvalue weighted by Crippen LogP contribution is -1.91. The van der Waals surface area contributed by atoms with E-state index in [9.17, 15) is 4.79 Å². The van der Waals surface area contributed by atoms with E-state index in [0.717, 1.165) is 25.7 Å². The van der Waals surface area contributed by atoms with E-state index in [-0.39, 0.29) is 0 Å². The van der Waals surface area contributed by atoms with Crippen LogP contribution in [0.2, 0.25) is 0 Å². The van der Waals surface area contributed by atoms with Crippen LogP contribution in [0.4, 0.5) is 0 Å². The molecule has 148 valence electrons. The Balaban J connectivity index is 3.23. The van der Waals surface area contributed by atoms with Gasteiger partial charge in [-0.25, -0.2) is 0 Å². The van der Waals surface area contributed by atoms with Crippen LogP contribution in [0.1, 0.15) is 116 Å². The molecule has 0 N–H and O–H groups in total. The van der Waals surface area contributed by atoms with Crippen LogP contribution in [0.5, 0.6) is 0 Å². The first-order valence-electron chi connectivity index (χ1n) is 10.9. The molecule has 2 nitrogen and oxygen atoms in total. The highest BCUT2D eigenvalue weighted by Gasteiger charge is 1.92. The van der Waals surface area contributed by atoms with Gasteiger partial charge in [0.2, 0.25) is 0 Å². The number of carbonyl (C=O) groups excluding carboxylic acids is 1. The van der Waals surface area contributed by atoms with Crippen molar-refractivity contribution in [2.75, 3.05) is 6.61 Å². The number of unbranched alkanes of at least 4 members (excludes halogenated alkanes) is 15. The lowest BCUT2D eigenvalue weighted by atomic mass is 10.1. The molecule has 0 bridgehead atoms. The van der Waals surface area contributed by atoms with Crippen molar-refractivity contribution < 1.29 is 9.53 Å². The molecule has 0 spiro atoms. The van der Waals surface area contributed by atoms with Crippen LogP contribution in [-0.4, -0.2) is 13.1 Å². The first kappa shape index (κ1) is 24.6. The summed E-state index contributed by atoms with van der Waals surface area (Å²) in [6, 6.07) is 0. The molecular formula is C24H40O2. The Morgan fingerprint density at radius 1 is 0.615 bits per heavy atom. The average molecular weight is 361 g/mol. The maximum Gasteiger partial charge on any atom is 0.293 e. The van der Waals surface area contributed by atoms with E-state index in [1.54, 1.807) is 0 Å². The molecule has 0 amide bonds. The minimum Gasteiger partial charge on any atom is -0.468 e. The van der Waals surface area contributed by atoms with E-state index in [2.05, 4.69) is 35.3 Å². The van der Waals surface area contributed by atoms with Gasteiger partial charge in [0, 0.05) is 12.8 Å². The lowest BCUT2D eigenvalue weighted by Gasteiger charge is -2.00. The molecule has 0 aliphatic heterocycles. The van der Waals surface area contributed by atoms with Gasteiger partial charge in [0.15, 0.2) is 0 Å². The van der Waals surface area contributed by atoms with Gasteiger partial charge in [-0.05, 0) is 31.1 Å². The molecule has 0 radical (unpaired) electrons. The molecular weight excluding hydrogens is 320 g/mol. The first-order chi connectivity index (χ1) is 12.9. The quantitative estimate of drug-likeness (QED) is 0.152. The first-order valence-corrected chi connectivity index (χ1v) is 10.9. The monoisotopic (exact) mass is 360 g/mol. The standard InChI is InChI=1S/C24H40O2/c1-2-3-4-5-6-7-8-9-10-11-12-13-14-15-16-17-18-19-20-21-22-23-26-24-25/h24H,2-10,15-23H2,1H3. The smallest absolute Gasteiger partial charge is 0.293 e. The Bertz CT molecular complexity index is 405. The third-order valence-electron chi connectivity index (χ3n) is 4.53. The molecule has 0 aliphatic carbocycles. The molecule has 0 atom stereocenters. The molecule has 0 aromatic rings. The highest BCUT2D eigenvalue weighted by molar-refractivity contribution is 5.36. The molecule has 0 aromatic heterocycles. The predicted molar refractivity (Wildman–Crippen MR) is 112 cm³/mol. The van der Waals surface area contributed by atoms with Crippen LogP contribution >= 0.6 is 0 Å². The summed E-state index contributed by atoms with van der Waals surface area (Å²) < 4.78 is 4.67. The molecule has 0 aliphatic rings. The Hall–Kier alpha value is -1.41. The summed E-state index contributed by atoms with van der Waals surface area (Å²) in [5, 5.41) is 0. The molecule has 26 heavy (non-hydrogen) atoms. The van der Waals surface area contributed by atoms with Gasteiger partial charge in [-0.1, -0.05) is 95.8 Å². The second-order valence-corrected chi connectivity index (χ2v) is 7.02. The van der Waals surface area contributed by atoms with E-state index in [1.807, 2.05) is 0 Å². The van der Waals surface area contributed by atoms with Crippen LogP contribution in [0.25, 0.3) is 0 Å². The van der Waals surface area contributed by atoms with Gasteiger partial charge in [0.05, 0.1) is 6.61 Å². The topological polar surface area (TPSA) is 26.3 Å². The predicted octanol–water partition coefficient (Wildman–Crippen LogP) is 6.82. The summed E-state index contributed by atoms with van der Waals surface area (Å²) in [7, 11) is 0. The van der Waals surface area contributed by atoms with Crippen molar-refractivity contribution >= 4 is 6.47 Å². The highest BCUT2D eigenvalue weighted by Crippen LogP contribution is 2.09. The molecule has 2 heteroatoms. The molecule has 0 saturated heterocycles. The normalized spacial score (nSPS) is 9.73. The zero-order valence-corrected chi connectivity index (χ0v) is 17.1. The maximum atomic E-state index is 9.97. The fourth-order valence-electron chi connectivity index (χ4n) is 2.89. The molecule has 0 rings (SSSR count). The van der Waals surface area contributed by atoms with Crippen LogP contribution in [-0.2, 0) is 9.53 Å². The van der Waals surface area contributed by atoms with E-state index in [1.165, 1.54) is 83.5 Å². The van der Waals surface area contributed by atoms with Crippen molar-refractivity contribution in [1.29, 1.82) is 0 Å². The fraction of sp³-hybridized carbons (Fsp3) is 0.792. The van der Waals surface area contributed by atoms with E-state index in [0.29, 0.717) is 13.1 Å². The fourth-order valence-corrected chi connectivity index (χ4v) is 2.89. The van der Waals surface area contributed by atoms with Crippen molar-refractivity contribution in [3.8, 4) is 23.7 Å². The average Bonchev–Trinajstić information content (AvgIpc) is 2.66. The molecule has 0 saturated carbocycles. The van der Waals surface area contributed by atoms with Crippen molar-refractivity contribution in [2.24, 2.45) is 0 Å². The van der Waals surface area contributed by atoms with Crippen molar-refractivity contribution in [3.63, 3.8) is 0 Å². The number of hydrogen-bond acceptors (Lipinski definition) is 2. The van der Waals surface area contributed by atoms with Crippen LogP contribution in [0, 0.1) is 23.7 Å². The zero-order valence-electron chi connectivity index (χ0n) is 17.1. The Labute approximate surface area is 162 Å². The van der Waals surface area contributed by atoms with Crippen molar-refractivity contribution in [3.05, 3.63) is 0 Å². The van der Waals surface area contributed by atoms with Gasteiger partial charge in [-0.15, -0.1) is 0 Å². The maximum absolute atomic E-state index is 9.97. The molecule has 0 fully saturated rings. The minimum absolute atomic E-state index is 0.530. The summed E-state index contributed by atoms with van der Waals surface area (Å²) in [6.07, 6.45) is 21.2. The summed E-state index contributed by atoms with van der Waals surface area (Å²) in [5.74, 6) is 12.3. The van der Waals surface area contributed by atoms with E-state index in [4.69, 9.17) is 0 Å². The van der Waals surface area contributed by atoms with E-state index < -0.39 is 0 Å². The van der Waals surface area contributed by atoms with Gasteiger partial charge in [0.1, 0.15) is 0 Å². The summed E-state index contributed by atoms with van der Waals surface area (Å²) in [4.78, 5) is 9.97. The van der Waals surface area contributed by atoms with Crippen LogP contribution in [0.15, 0.2) is 0 Å². The largest absolute Gasteiger partial charge is 0.468 e. The number of hydrogen-bond donors (Lipinski definition) is 0. The second kappa shape index (κ2) is 23.6. The van der Waals surface area contributed by atoms with Gasteiger partial charge in [-0.3, -0.25) is 4.79 Å². The van der Waals surface area contributed by atoms with Gasteiger partial charge < -0.3 is 4.74 Å². The van der Waals surface area contributed by atoms with Gasteiger partial charge >= 0.3 is 0 Å². The Morgan fingerprint density at radius 2 is 1.04 bits per heavy atom. The van der Waals surface area contributed by atoms with Crippen molar-refractivity contribution in [1.82, 2.24) is 0 Å². The third kappa shape index (κ3) is 22.6. The Morgan fingerprint density at radius 3 is 1.50 bits per heavy atom. The zero-order chi connectivity index (χ0) is 19.0. The van der Waals surface area contributed by atoms with Crippen LogP contribution in [0.3, 0.4) is 0 Å². The van der Waals surface area contributed by atoms with Crippen LogP contribution < -0.4 is 0 Å². The highest BCUT2D eigenvalue weighted by atomic mass is 16.5. The lowest BCUT2D eigenvalue weighted by molar-refractivity contribution is -0.128. The summed E-state index contributed by atoms with van der Waals surface area (Å²) in [6.45, 7) is 3.36. The molecule has 0 aromatic carbocycles. The minimum atomic E-state index is 0.530. The second-order valence-electron chi connectivity index (χ2n) is 7.02. The third-order valence-corrected chi connectivity index (χ3v) is 4.53. The summed E-state index contributed by atoms with van der Waals surface area (Å²) >= 11 is 0. The van der Waals surface area contributed by atoms with Gasteiger partial charge in [-0.2, -0.15) is 0 Å².